The van der Waals surface area contributed by atoms with Crippen LogP contribution in [0.5, 0.6) is 0 Å². The number of halogens is 2. The molecule has 9 heteroatoms. The number of morpholine rings is 1. The van der Waals surface area contributed by atoms with Gasteiger partial charge in [0.05, 0.1) is 29.5 Å². The zero-order valence-electron chi connectivity index (χ0n) is 20.3. The molecule has 1 aliphatic rings. The van der Waals surface area contributed by atoms with Crippen molar-refractivity contribution in [2.45, 2.75) is 0 Å². The second-order valence-electron chi connectivity index (χ2n) is 8.62. The van der Waals surface area contributed by atoms with Gasteiger partial charge in [0, 0.05) is 35.4 Å². The molecule has 2 amide bonds. The summed E-state index contributed by atoms with van der Waals surface area (Å²) in [4.78, 5) is 28.5. The minimum absolute atomic E-state index is 0.104. The van der Waals surface area contributed by atoms with E-state index in [9.17, 15) is 9.59 Å². The van der Waals surface area contributed by atoms with E-state index in [1.807, 2.05) is 66.9 Å². The quantitative estimate of drug-likeness (QED) is 0.325. The van der Waals surface area contributed by atoms with Crippen molar-refractivity contribution in [2.24, 2.45) is 0 Å². The highest BCUT2D eigenvalue weighted by atomic mass is 35.5. The monoisotopic (exact) mass is 546 g/mol. The summed E-state index contributed by atoms with van der Waals surface area (Å²) in [5.74, 6) is -0.838. The summed E-state index contributed by atoms with van der Waals surface area (Å²) in [5.41, 5.74) is 3.38. The maximum Gasteiger partial charge on any atom is 0.270 e. The molecule has 0 radical (unpaired) electrons. The summed E-state index contributed by atoms with van der Waals surface area (Å²) in [7, 11) is 0. The van der Waals surface area contributed by atoms with Crippen LogP contribution in [0.4, 0.5) is 0 Å². The fraction of sp³-hybridized carbons (Fsp3) is 0.138. The fourth-order valence-electron chi connectivity index (χ4n) is 4.13. The van der Waals surface area contributed by atoms with Crippen LogP contribution in [0.3, 0.4) is 0 Å². The molecule has 5 rings (SSSR count). The molecule has 1 aromatic heterocycles. The average molecular weight is 547 g/mol. The van der Waals surface area contributed by atoms with Crippen LogP contribution >= 0.6 is 23.2 Å². The van der Waals surface area contributed by atoms with Crippen LogP contribution in [0.2, 0.25) is 10.0 Å². The van der Waals surface area contributed by atoms with Crippen LogP contribution < -0.4 is 5.32 Å². The molecule has 0 unspecified atom stereocenters. The molecular formula is C29H24Cl2N4O3. The molecule has 1 N–H and O–H groups in total. The van der Waals surface area contributed by atoms with E-state index in [-0.39, 0.29) is 22.2 Å². The van der Waals surface area contributed by atoms with Crippen LogP contribution in [0.25, 0.3) is 23.0 Å². The Morgan fingerprint density at radius 1 is 0.921 bits per heavy atom. The summed E-state index contributed by atoms with van der Waals surface area (Å²) in [5, 5.41) is 8.21. The maximum atomic E-state index is 13.6. The van der Waals surface area contributed by atoms with Crippen molar-refractivity contribution in [1.29, 1.82) is 0 Å². The fourth-order valence-corrected chi connectivity index (χ4v) is 4.63. The van der Waals surface area contributed by atoms with Gasteiger partial charge in [-0.25, -0.2) is 4.68 Å². The second-order valence-corrected chi connectivity index (χ2v) is 9.46. The first kappa shape index (κ1) is 25.7. The van der Waals surface area contributed by atoms with Gasteiger partial charge in [0.25, 0.3) is 11.8 Å². The summed E-state index contributed by atoms with van der Waals surface area (Å²) >= 11 is 12.3. The third kappa shape index (κ3) is 5.81. The molecule has 7 nitrogen and oxygen atoms in total. The molecular weight excluding hydrogens is 523 g/mol. The SMILES string of the molecule is O=C(N/C(=C\c1cn(-c2ccccc2)nc1-c1ccccc1)C(=O)N1CCOCC1)c1ccc(Cl)cc1Cl. The van der Waals surface area contributed by atoms with E-state index in [1.165, 1.54) is 12.1 Å². The number of hydrogen-bond acceptors (Lipinski definition) is 4. The van der Waals surface area contributed by atoms with Gasteiger partial charge in [-0.05, 0) is 36.4 Å². The number of ether oxygens (including phenoxy) is 1. The summed E-state index contributed by atoms with van der Waals surface area (Å²) in [6.45, 7) is 1.69. The highest BCUT2D eigenvalue weighted by molar-refractivity contribution is 6.36. The molecule has 0 bridgehead atoms. The number of amides is 2. The third-order valence-corrected chi connectivity index (χ3v) is 6.61. The maximum absolute atomic E-state index is 13.6. The first-order chi connectivity index (χ1) is 18.5. The standard InChI is InChI=1S/C29H24Cl2N4O3/c30-22-11-12-24(25(31)18-22)28(36)32-26(29(37)34-13-15-38-16-14-34)17-21-19-35(23-9-5-2-6-10-23)33-27(21)20-7-3-1-4-8-20/h1-12,17-19H,13-16H2,(H,32,36)/b26-17-. The molecule has 4 aromatic rings. The molecule has 0 aliphatic carbocycles. The lowest BCUT2D eigenvalue weighted by Gasteiger charge is -2.28. The Balaban J connectivity index is 1.59. The minimum Gasteiger partial charge on any atom is -0.378 e. The van der Waals surface area contributed by atoms with Crippen LogP contribution in [-0.2, 0) is 9.53 Å². The topological polar surface area (TPSA) is 76.5 Å². The van der Waals surface area contributed by atoms with Crippen molar-refractivity contribution >= 4 is 41.1 Å². The number of nitrogens with one attached hydrogen (secondary N) is 1. The number of para-hydroxylation sites is 1. The van der Waals surface area contributed by atoms with Crippen molar-refractivity contribution in [3.8, 4) is 16.9 Å². The molecule has 1 saturated heterocycles. The minimum atomic E-state index is -0.517. The predicted molar refractivity (Wildman–Crippen MR) is 148 cm³/mol. The molecule has 0 saturated carbocycles. The summed E-state index contributed by atoms with van der Waals surface area (Å²) < 4.78 is 7.16. The van der Waals surface area contributed by atoms with E-state index in [0.717, 1.165) is 11.3 Å². The summed E-state index contributed by atoms with van der Waals surface area (Å²) in [6, 6.07) is 23.9. The third-order valence-electron chi connectivity index (χ3n) is 6.06. The smallest absolute Gasteiger partial charge is 0.270 e. The van der Waals surface area contributed by atoms with E-state index in [1.54, 1.807) is 21.7 Å². The van der Waals surface area contributed by atoms with Crippen LogP contribution in [0, 0.1) is 0 Å². The first-order valence-corrected chi connectivity index (χ1v) is 12.8. The van der Waals surface area contributed by atoms with Crippen molar-refractivity contribution in [3.63, 3.8) is 0 Å². The average Bonchev–Trinajstić information content (AvgIpc) is 3.37. The zero-order valence-corrected chi connectivity index (χ0v) is 21.8. The highest BCUT2D eigenvalue weighted by Crippen LogP contribution is 2.26. The molecule has 0 spiro atoms. The Hall–Kier alpha value is -3.91. The number of benzene rings is 3. The number of carbonyl (C=O) groups is 2. The van der Waals surface area contributed by atoms with Gasteiger partial charge in [0.15, 0.2) is 0 Å². The predicted octanol–water partition coefficient (Wildman–Crippen LogP) is 5.48. The van der Waals surface area contributed by atoms with Gasteiger partial charge in [-0.15, -0.1) is 0 Å². The molecule has 1 aliphatic heterocycles. The Labute approximate surface area is 230 Å². The van der Waals surface area contributed by atoms with E-state index in [0.29, 0.717) is 42.6 Å². The van der Waals surface area contributed by atoms with Gasteiger partial charge in [0.1, 0.15) is 11.4 Å². The van der Waals surface area contributed by atoms with Crippen molar-refractivity contribution in [2.75, 3.05) is 26.3 Å². The van der Waals surface area contributed by atoms with E-state index < -0.39 is 5.91 Å². The number of hydrogen-bond donors (Lipinski definition) is 1. The van der Waals surface area contributed by atoms with Crippen LogP contribution in [0.1, 0.15) is 15.9 Å². The Morgan fingerprint density at radius 3 is 2.29 bits per heavy atom. The lowest BCUT2D eigenvalue weighted by Crippen LogP contribution is -2.44. The van der Waals surface area contributed by atoms with Gasteiger partial charge in [-0.1, -0.05) is 71.7 Å². The number of carbonyl (C=O) groups excluding carboxylic acids is 2. The van der Waals surface area contributed by atoms with Crippen molar-refractivity contribution in [1.82, 2.24) is 20.0 Å². The number of rotatable bonds is 6. The Kier molecular flexibility index (Phi) is 7.89. The van der Waals surface area contributed by atoms with Crippen LogP contribution in [0.15, 0.2) is 90.8 Å². The molecule has 3 aromatic carbocycles. The van der Waals surface area contributed by atoms with Crippen molar-refractivity contribution < 1.29 is 14.3 Å². The van der Waals surface area contributed by atoms with Crippen LogP contribution in [-0.4, -0.2) is 52.8 Å². The van der Waals surface area contributed by atoms with Gasteiger partial charge >= 0.3 is 0 Å². The Bertz CT molecular complexity index is 1480. The first-order valence-electron chi connectivity index (χ1n) is 12.1. The second kappa shape index (κ2) is 11.6. The molecule has 2 heterocycles. The lowest BCUT2D eigenvalue weighted by atomic mass is 10.1. The van der Waals surface area contributed by atoms with Gasteiger partial charge < -0.3 is 15.0 Å². The largest absolute Gasteiger partial charge is 0.378 e. The lowest BCUT2D eigenvalue weighted by molar-refractivity contribution is -0.131. The van der Waals surface area contributed by atoms with Gasteiger partial charge in [-0.2, -0.15) is 5.10 Å². The normalized spacial score (nSPS) is 13.8. The molecule has 0 atom stereocenters. The van der Waals surface area contributed by atoms with E-state index in [4.69, 9.17) is 33.0 Å². The number of aromatic nitrogens is 2. The van der Waals surface area contributed by atoms with Gasteiger partial charge in [-0.3, -0.25) is 9.59 Å². The molecule has 192 valence electrons. The molecule has 38 heavy (non-hydrogen) atoms. The summed E-state index contributed by atoms with van der Waals surface area (Å²) in [6.07, 6.45) is 3.50. The highest BCUT2D eigenvalue weighted by Gasteiger charge is 2.24. The Morgan fingerprint density at radius 2 is 1.61 bits per heavy atom. The van der Waals surface area contributed by atoms with E-state index >= 15 is 0 Å². The molecule has 1 fully saturated rings. The zero-order chi connectivity index (χ0) is 26.5. The van der Waals surface area contributed by atoms with E-state index in [2.05, 4.69) is 5.32 Å². The van der Waals surface area contributed by atoms with Gasteiger partial charge in [0.2, 0.25) is 0 Å². The van der Waals surface area contributed by atoms with Crippen molar-refractivity contribution in [3.05, 3.63) is 112 Å². The number of nitrogens with zero attached hydrogens (tertiary/aromatic N) is 3.